The molecule has 0 aliphatic carbocycles. The van der Waals surface area contributed by atoms with Crippen molar-refractivity contribution in [3.05, 3.63) is 63.1 Å². The zero-order valence-corrected chi connectivity index (χ0v) is 10.6. The average molecular weight is 280 g/mol. The highest BCUT2D eigenvalue weighted by Gasteiger charge is 2.17. The van der Waals surface area contributed by atoms with Gasteiger partial charge >= 0.3 is 5.63 Å². The van der Waals surface area contributed by atoms with Crippen LogP contribution < -0.4 is 11.1 Å². The molecule has 0 unspecified atom stereocenters. The molecule has 5 nitrogen and oxygen atoms in total. The van der Waals surface area contributed by atoms with Gasteiger partial charge in [-0.2, -0.15) is 0 Å². The van der Waals surface area contributed by atoms with E-state index in [1.54, 1.807) is 24.3 Å². The van der Waals surface area contributed by atoms with E-state index >= 15 is 0 Å². The van der Waals surface area contributed by atoms with E-state index in [9.17, 15) is 14.7 Å². The van der Waals surface area contributed by atoms with Crippen molar-refractivity contribution in [3.63, 3.8) is 0 Å². The predicted molar refractivity (Wildman–Crippen MR) is 77.7 cm³/mol. The molecule has 1 N–H and O–H groups in total. The number of phenols is 1. The summed E-state index contributed by atoms with van der Waals surface area (Å²) in [5.74, 6) is -0.149. The number of benzene rings is 2. The summed E-state index contributed by atoms with van der Waals surface area (Å²) in [4.78, 5) is 24.5. The van der Waals surface area contributed by atoms with Crippen LogP contribution in [0.4, 0.5) is 0 Å². The van der Waals surface area contributed by atoms with Gasteiger partial charge in [-0.1, -0.05) is 18.2 Å². The highest BCUT2D eigenvalue weighted by Crippen LogP contribution is 2.28. The molecular formula is C16H8O5. The number of hydrogen-bond acceptors (Lipinski definition) is 5. The number of aromatic hydroxyl groups is 1. The fourth-order valence-electron chi connectivity index (χ4n) is 2.47. The van der Waals surface area contributed by atoms with Crippen LogP contribution >= 0.6 is 0 Å². The van der Waals surface area contributed by atoms with Crippen LogP contribution in [0.2, 0.25) is 0 Å². The minimum atomic E-state index is -0.748. The molecule has 0 aliphatic heterocycles. The van der Waals surface area contributed by atoms with Gasteiger partial charge in [0, 0.05) is 0 Å². The van der Waals surface area contributed by atoms with Gasteiger partial charge in [0.2, 0.25) is 5.43 Å². The summed E-state index contributed by atoms with van der Waals surface area (Å²) in [7, 11) is 0. The Bertz CT molecular complexity index is 1130. The fourth-order valence-corrected chi connectivity index (χ4v) is 2.47. The second-order valence-corrected chi connectivity index (χ2v) is 4.67. The first kappa shape index (κ1) is 11.7. The highest BCUT2D eigenvalue weighted by atomic mass is 16.4. The Kier molecular flexibility index (Phi) is 2.21. The number of fused-ring (bicyclic) bond motifs is 4. The van der Waals surface area contributed by atoms with Crippen LogP contribution in [-0.2, 0) is 0 Å². The van der Waals surface area contributed by atoms with E-state index in [0.29, 0.717) is 11.0 Å². The number of phenolic OH excluding ortho intramolecular Hbond substituents is 1. The summed E-state index contributed by atoms with van der Waals surface area (Å²) in [6, 6.07) is 11.2. The second kappa shape index (κ2) is 3.96. The van der Waals surface area contributed by atoms with Gasteiger partial charge in [0.1, 0.15) is 5.58 Å². The van der Waals surface area contributed by atoms with E-state index < -0.39 is 11.1 Å². The maximum absolute atomic E-state index is 12.5. The molecular weight excluding hydrogens is 272 g/mol. The van der Waals surface area contributed by atoms with E-state index in [0.717, 1.165) is 0 Å². The third kappa shape index (κ3) is 1.51. The minimum Gasteiger partial charge on any atom is -0.504 e. The normalized spacial score (nSPS) is 11.4. The van der Waals surface area contributed by atoms with E-state index in [1.165, 1.54) is 18.2 Å². The number of para-hydroxylation sites is 2. The van der Waals surface area contributed by atoms with Crippen molar-refractivity contribution >= 4 is 32.9 Å². The van der Waals surface area contributed by atoms with E-state index in [4.69, 9.17) is 8.83 Å². The molecule has 0 aliphatic rings. The molecule has 0 fully saturated rings. The quantitative estimate of drug-likeness (QED) is 0.304. The molecule has 102 valence electrons. The average Bonchev–Trinajstić information content (AvgIpc) is 2.48. The lowest BCUT2D eigenvalue weighted by molar-refractivity contribution is 0.467. The zero-order chi connectivity index (χ0) is 14.6. The lowest BCUT2D eigenvalue weighted by Crippen LogP contribution is -2.13. The molecule has 0 spiro atoms. The number of rotatable bonds is 0. The van der Waals surface area contributed by atoms with Gasteiger partial charge in [-0.25, -0.2) is 4.79 Å². The molecule has 0 bridgehead atoms. The second-order valence-electron chi connectivity index (χ2n) is 4.67. The molecule has 0 saturated carbocycles. The standard InChI is InChI=1S/C16H8O5/c17-10-6-3-5-9-13(18)12-15(21-14(9)10)8-4-1-2-7-11(8)20-16(12)19/h1-7,17H. The summed E-state index contributed by atoms with van der Waals surface area (Å²) in [6.07, 6.45) is 0. The zero-order valence-electron chi connectivity index (χ0n) is 10.6. The van der Waals surface area contributed by atoms with Crippen LogP contribution in [-0.4, -0.2) is 5.11 Å². The van der Waals surface area contributed by atoms with Gasteiger partial charge in [0.05, 0.1) is 10.8 Å². The van der Waals surface area contributed by atoms with Crippen LogP contribution in [0.1, 0.15) is 0 Å². The molecule has 5 heteroatoms. The van der Waals surface area contributed by atoms with E-state index in [2.05, 4.69) is 0 Å². The predicted octanol–water partition coefficient (Wildman–Crippen LogP) is 2.76. The summed E-state index contributed by atoms with van der Waals surface area (Å²) in [6.45, 7) is 0. The molecule has 2 heterocycles. The van der Waals surface area contributed by atoms with E-state index in [-0.39, 0.29) is 27.7 Å². The number of hydrogen-bond donors (Lipinski definition) is 1. The first-order chi connectivity index (χ1) is 10.2. The Hall–Kier alpha value is -3.08. The Morgan fingerprint density at radius 2 is 1.57 bits per heavy atom. The van der Waals surface area contributed by atoms with E-state index in [1.807, 2.05) is 0 Å². The van der Waals surface area contributed by atoms with Gasteiger partial charge in [-0.3, -0.25) is 4.79 Å². The Labute approximate surface area is 116 Å². The Morgan fingerprint density at radius 1 is 0.810 bits per heavy atom. The van der Waals surface area contributed by atoms with Crippen LogP contribution in [0.3, 0.4) is 0 Å². The Morgan fingerprint density at radius 3 is 2.43 bits per heavy atom. The van der Waals surface area contributed by atoms with Gasteiger partial charge < -0.3 is 13.9 Å². The van der Waals surface area contributed by atoms with Crippen LogP contribution in [0.25, 0.3) is 32.9 Å². The molecule has 0 saturated heterocycles. The topological polar surface area (TPSA) is 80.7 Å². The van der Waals surface area contributed by atoms with Crippen LogP contribution in [0, 0.1) is 0 Å². The van der Waals surface area contributed by atoms with Crippen molar-refractivity contribution in [1.29, 1.82) is 0 Å². The third-order valence-corrected chi connectivity index (χ3v) is 3.44. The molecule has 4 rings (SSSR count). The fraction of sp³-hybridized carbons (Fsp3) is 0. The lowest BCUT2D eigenvalue weighted by Gasteiger charge is -2.04. The highest BCUT2D eigenvalue weighted by molar-refractivity contribution is 6.03. The minimum absolute atomic E-state index is 0.0609. The van der Waals surface area contributed by atoms with Gasteiger partial charge in [-0.15, -0.1) is 0 Å². The van der Waals surface area contributed by atoms with Crippen molar-refractivity contribution in [1.82, 2.24) is 0 Å². The first-order valence-corrected chi connectivity index (χ1v) is 6.27. The van der Waals surface area contributed by atoms with Crippen LogP contribution in [0.5, 0.6) is 5.75 Å². The summed E-state index contributed by atoms with van der Waals surface area (Å²) in [5, 5.41) is 10.4. The largest absolute Gasteiger partial charge is 0.504 e. The molecule has 21 heavy (non-hydrogen) atoms. The van der Waals surface area contributed by atoms with Gasteiger partial charge in [0.15, 0.2) is 22.3 Å². The maximum atomic E-state index is 12.5. The molecule has 2 aromatic heterocycles. The lowest BCUT2D eigenvalue weighted by atomic mass is 10.1. The smallest absolute Gasteiger partial charge is 0.351 e. The summed E-state index contributed by atoms with van der Waals surface area (Å²) < 4.78 is 10.8. The van der Waals surface area contributed by atoms with Gasteiger partial charge in [0.25, 0.3) is 0 Å². The molecule has 0 radical (unpaired) electrons. The molecule has 4 aromatic rings. The summed E-state index contributed by atoms with van der Waals surface area (Å²) in [5.41, 5.74) is -0.746. The van der Waals surface area contributed by atoms with Crippen molar-refractivity contribution in [2.45, 2.75) is 0 Å². The molecule has 0 amide bonds. The van der Waals surface area contributed by atoms with Crippen molar-refractivity contribution in [2.24, 2.45) is 0 Å². The maximum Gasteiger partial charge on any atom is 0.351 e. The SMILES string of the molecule is O=c1oc2ccccc2c2oc3c(O)cccc3c(=O)c12. The monoisotopic (exact) mass is 280 g/mol. The summed E-state index contributed by atoms with van der Waals surface area (Å²) >= 11 is 0. The molecule has 2 aromatic carbocycles. The Balaban J connectivity index is 2.43. The van der Waals surface area contributed by atoms with Crippen molar-refractivity contribution in [2.75, 3.05) is 0 Å². The van der Waals surface area contributed by atoms with Gasteiger partial charge in [-0.05, 0) is 24.3 Å². The first-order valence-electron chi connectivity index (χ1n) is 6.27. The molecule has 0 atom stereocenters. The van der Waals surface area contributed by atoms with Crippen molar-refractivity contribution < 1.29 is 13.9 Å². The van der Waals surface area contributed by atoms with Crippen molar-refractivity contribution in [3.8, 4) is 5.75 Å². The third-order valence-electron chi connectivity index (χ3n) is 3.44. The van der Waals surface area contributed by atoms with Crippen LogP contribution in [0.15, 0.2) is 60.9 Å².